The molecule has 2 saturated heterocycles. The van der Waals surface area contributed by atoms with E-state index in [1.807, 2.05) is 13.8 Å². The highest BCUT2D eigenvalue weighted by Crippen LogP contribution is 2.34. The standard InChI is InChI=1S/C9H18N2.C2H6/c1-8(2)11-4-3-9(7-11)5-10-6-9;1-2/h8,10H,3-7H2,1-2H3;1-2H3. The van der Waals surface area contributed by atoms with E-state index in [0.29, 0.717) is 5.41 Å². The molecule has 2 heterocycles. The van der Waals surface area contributed by atoms with Gasteiger partial charge in [0.1, 0.15) is 0 Å². The van der Waals surface area contributed by atoms with Crippen LogP contribution in [0.5, 0.6) is 0 Å². The Labute approximate surface area is 82.7 Å². The fraction of sp³-hybridized carbons (Fsp3) is 1.00. The number of nitrogens with zero attached hydrogens (tertiary/aromatic N) is 1. The van der Waals surface area contributed by atoms with Crippen molar-refractivity contribution in [2.24, 2.45) is 5.41 Å². The maximum Gasteiger partial charge on any atom is 0.00920 e. The summed E-state index contributed by atoms with van der Waals surface area (Å²) in [7, 11) is 0. The lowest BCUT2D eigenvalue weighted by Crippen LogP contribution is -2.55. The van der Waals surface area contributed by atoms with Gasteiger partial charge in [0.05, 0.1) is 0 Å². The van der Waals surface area contributed by atoms with Crippen molar-refractivity contribution >= 4 is 0 Å². The topological polar surface area (TPSA) is 15.3 Å². The Kier molecular flexibility index (Phi) is 3.74. The summed E-state index contributed by atoms with van der Waals surface area (Å²) in [5, 5.41) is 3.38. The molecular weight excluding hydrogens is 160 g/mol. The summed E-state index contributed by atoms with van der Waals surface area (Å²) < 4.78 is 0. The molecule has 0 bridgehead atoms. The Bertz CT molecular complexity index is 150. The van der Waals surface area contributed by atoms with Crippen molar-refractivity contribution in [2.45, 2.75) is 40.2 Å². The second-order valence-corrected chi connectivity index (χ2v) is 4.42. The van der Waals surface area contributed by atoms with Crippen LogP contribution < -0.4 is 5.32 Å². The van der Waals surface area contributed by atoms with Gasteiger partial charge in [-0.25, -0.2) is 0 Å². The molecule has 2 aliphatic rings. The summed E-state index contributed by atoms with van der Waals surface area (Å²) in [5.74, 6) is 0. The van der Waals surface area contributed by atoms with Crippen LogP contribution in [0.25, 0.3) is 0 Å². The van der Waals surface area contributed by atoms with E-state index in [1.165, 1.54) is 32.6 Å². The summed E-state index contributed by atoms with van der Waals surface area (Å²) in [4.78, 5) is 2.60. The summed E-state index contributed by atoms with van der Waals surface area (Å²) >= 11 is 0. The van der Waals surface area contributed by atoms with Crippen LogP contribution in [0.3, 0.4) is 0 Å². The van der Waals surface area contributed by atoms with Crippen molar-refractivity contribution in [3.8, 4) is 0 Å². The molecule has 78 valence electrons. The average Bonchev–Trinajstić information content (AvgIpc) is 2.51. The molecule has 0 atom stereocenters. The van der Waals surface area contributed by atoms with E-state index in [0.717, 1.165) is 6.04 Å². The second kappa shape index (κ2) is 4.43. The zero-order valence-electron chi connectivity index (χ0n) is 9.56. The molecule has 2 nitrogen and oxygen atoms in total. The van der Waals surface area contributed by atoms with E-state index in [2.05, 4.69) is 24.1 Å². The smallest absolute Gasteiger partial charge is 0.00920 e. The first-order valence-electron chi connectivity index (χ1n) is 5.67. The first-order valence-corrected chi connectivity index (χ1v) is 5.67. The van der Waals surface area contributed by atoms with Crippen LogP contribution in [-0.2, 0) is 0 Å². The highest BCUT2D eigenvalue weighted by Gasteiger charge is 2.43. The molecule has 0 aromatic heterocycles. The Morgan fingerprint density at radius 2 is 1.85 bits per heavy atom. The molecule has 0 radical (unpaired) electrons. The van der Waals surface area contributed by atoms with E-state index < -0.39 is 0 Å². The Hall–Kier alpha value is -0.0800. The molecule has 2 fully saturated rings. The zero-order chi connectivity index (χ0) is 9.90. The first kappa shape index (κ1) is 11.0. The SMILES string of the molecule is CC.CC(C)N1CCC2(CNC2)C1. The molecule has 2 rings (SSSR count). The van der Waals surface area contributed by atoms with Gasteiger partial charge in [0.2, 0.25) is 0 Å². The van der Waals surface area contributed by atoms with Gasteiger partial charge >= 0.3 is 0 Å². The van der Waals surface area contributed by atoms with Crippen molar-refractivity contribution in [3.05, 3.63) is 0 Å². The molecule has 13 heavy (non-hydrogen) atoms. The van der Waals surface area contributed by atoms with Crippen molar-refractivity contribution in [1.82, 2.24) is 10.2 Å². The maximum atomic E-state index is 3.38. The van der Waals surface area contributed by atoms with Crippen molar-refractivity contribution in [1.29, 1.82) is 0 Å². The van der Waals surface area contributed by atoms with Crippen LogP contribution in [0.15, 0.2) is 0 Å². The van der Waals surface area contributed by atoms with Crippen LogP contribution in [0.4, 0.5) is 0 Å². The van der Waals surface area contributed by atoms with E-state index in [1.54, 1.807) is 0 Å². The molecule has 1 spiro atoms. The first-order chi connectivity index (χ1) is 6.22. The Morgan fingerprint density at radius 3 is 2.08 bits per heavy atom. The Morgan fingerprint density at radius 1 is 1.23 bits per heavy atom. The van der Waals surface area contributed by atoms with Gasteiger partial charge in [0.15, 0.2) is 0 Å². The van der Waals surface area contributed by atoms with Crippen LogP contribution in [-0.4, -0.2) is 37.1 Å². The van der Waals surface area contributed by atoms with Gasteiger partial charge in [-0.3, -0.25) is 0 Å². The highest BCUT2D eigenvalue weighted by atomic mass is 15.2. The van der Waals surface area contributed by atoms with Crippen molar-refractivity contribution in [3.63, 3.8) is 0 Å². The number of nitrogens with one attached hydrogen (secondary N) is 1. The third kappa shape index (κ3) is 2.23. The molecule has 0 unspecified atom stereocenters. The Balaban J connectivity index is 0.000000396. The minimum absolute atomic E-state index is 0.685. The van der Waals surface area contributed by atoms with Gasteiger partial charge in [-0.15, -0.1) is 0 Å². The second-order valence-electron chi connectivity index (χ2n) is 4.42. The van der Waals surface area contributed by atoms with Crippen LogP contribution in [0.2, 0.25) is 0 Å². The van der Waals surface area contributed by atoms with Crippen molar-refractivity contribution < 1.29 is 0 Å². The zero-order valence-corrected chi connectivity index (χ0v) is 9.56. The lowest BCUT2D eigenvalue weighted by atomic mass is 9.81. The van der Waals surface area contributed by atoms with E-state index in [9.17, 15) is 0 Å². The molecule has 2 heteroatoms. The fourth-order valence-electron chi connectivity index (χ4n) is 2.18. The average molecular weight is 184 g/mol. The van der Waals surface area contributed by atoms with Gasteiger partial charge in [-0.1, -0.05) is 13.8 Å². The number of rotatable bonds is 1. The summed E-state index contributed by atoms with van der Waals surface area (Å²) in [6.07, 6.45) is 1.41. The van der Waals surface area contributed by atoms with E-state index in [4.69, 9.17) is 0 Å². The fourth-order valence-corrected chi connectivity index (χ4v) is 2.18. The lowest BCUT2D eigenvalue weighted by molar-refractivity contribution is 0.157. The van der Waals surface area contributed by atoms with Crippen molar-refractivity contribution in [2.75, 3.05) is 26.2 Å². The molecule has 2 aliphatic heterocycles. The van der Waals surface area contributed by atoms with Gasteiger partial charge in [-0.2, -0.15) is 0 Å². The quantitative estimate of drug-likeness (QED) is 0.667. The molecule has 0 aromatic rings. The van der Waals surface area contributed by atoms with Crippen LogP contribution in [0, 0.1) is 5.41 Å². The summed E-state index contributed by atoms with van der Waals surface area (Å²) in [6.45, 7) is 13.8. The number of hydrogen-bond donors (Lipinski definition) is 1. The molecule has 1 N–H and O–H groups in total. The van der Waals surface area contributed by atoms with E-state index in [-0.39, 0.29) is 0 Å². The summed E-state index contributed by atoms with van der Waals surface area (Å²) in [5.41, 5.74) is 0.685. The highest BCUT2D eigenvalue weighted by molar-refractivity contribution is 4.99. The molecule has 0 aliphatic carbocycles. The van der Waals surface area contributed by atoms with Gasteiger partial charge < -0.3 is 10.2 Å². The largest absolute Gasteiger partial charge is 0.315 e. The predicted octanol–water partition coefficient (Wildman–Crippen LogP) is 1.72. The molecule has 0 aromatic carbocycles. The van der Waals surface area contributed by atoms with Crippen LogP contribution in [0.1, 0.15) is 34.1 Å². The van der Waals surface area contributed by atoms with Gasteiger partial charge in [0, 0.05) is 31.1 Å². The normalized spacial score (nSPS) is 25.6. The molecule has 0 amide bonds. The van der Waals surface area contributed by atoms with Gasteiger partial charge in [-0.05, 0) is 26.8 Å². The third-order valence-electron chi connectivity index (χ3n) is 3.20. The predicted molar refractivity (Wildman–Crippen MR) is 58.0 cm³/mol. The minimum atomic E-state index is 0.685. The van der Waals surface area contributed by atoms with Crippen LogP contribution >= 0.6 is 0 Å². The number of likely N-dealkylation sites (tertiary alicyclic amines) is 1. The van der Waals surface area contributed by atoms with Gasteiger partial charge in [0.25, 0.3) is 0 Å². The number of hydrogen-bond acceptors (Lipinski definition) is 2. The molecule has 0 saturated carbocycles. The minimum Gasteiger partial charge on any atom is -0.315 e. The molecular formula is C11H24N2. The summed E-state index contributed by atoms with van der Waals surface area (Å²) in [6, 6.07) is 0.745. The monoisotopic (exact) mass is 184 g/mol. The van der Waals surface area contributed by atoms with E-state index >= 15 is 0 Å². The maximum absolute atomic E-state index is 3.38. The lowest BCUT2D eigenvalue weighted by Gasteiger charge is -2.39. The third-order valence-corrected chi connectivity index (χ3v) is 3.20.